The molecular formula is C55H46N2. The van der Waals surface area contributed by atoms with Crippen LogP contribution in [0, 0.1) is 0 Å². The molecule has 2 aliphatic rings. The standard InChI is InChI=1S/C54H42N2.CH4/c1-53(2)45-23-12-9-19-42(45)52-46(53)24-15-27-50(52)55(38-32-33-41-40-18-8-11-22-44(40)54(3,4)47(41)34-38)37-30-28-35(29-31-37)39-21-14-26-49-51(39)43-20-10-13-25-48(43)56(49)36-16-6-5-7-17-36;/h5-34H,1-4H3;1H4. The minimum atomic E-state index is -0.109. The summed E-state index contributed by atoms with van der Waals surface area (Å²) in [5.41, 5.74) is 20.1. The normalized spacial score (nSPS) is 14.1. The second-order valence-electron chi connectivity index (χ2n) is 16.5. The third-order valence-electron chi connectivity index (χ3n) is 12.8. The maximum atomic E-state index is 2.50. The third-order valence-corrected chi connectivity index (χ3v) is 12.8. The van der Waals surface area contributed by atoms with Crippen LogP contribution in [-0.4, -0.2) is 4.57 Å². The Balaban J connectivity index is 0.00000396. The Morgan fingerprint density at radius 3 is 1.77 bits per heavy atom. The lowest BCUT2D eigenvalue weighted by atomic mass is 9.82. The summed E-state index contributed by atoms with van der Waals surface area (Å²) in [5.74, 6) is 0. The molecule has 0 bridgehead atoms. The Hall–Kier alpha value is -6.64. The van der Waals surface area contributed by atoms with Crippen LogP contribution in [0.25, 0.3) is 60.9 Å². The maximum Gasteiger partial charge on any atom is 0.0547 e. The zero-order valence-electron chi connectivity index (χ0n) is 32.2. The molecule has 0 atom stereocenters. The summed E-state index contributed by atoms with van der Waals surface area (Å²) in [7, 11) is 0. The van der Waals surface area contributed by atoms with Gasteiger partial charge in [0.2, 0.25) is 0 Å². The maximum absolute atomic E-state index is 2.50. The molecule has 0 amide bonds. The van der Waals surface area contributed by atoms with E-state index >= 15 is 0 Å². The largest absolute Gasteiger partial charge is 0.310 e. The van der Waals surface area contributed by atoms with E-state index in [9.17, 15) is 0 Å². The Bertz CT molecular complexity index is 3020. The molecule has 2 nitrogen and oxygen atoms in total. The monoisotopic (exact) mass is 734 g/mol. The number of nitrogens with zero attached hydrogens (tertiary/aromatic N) is 2. The van der Waals surface area contributed by atoms with Crippen LogP contribution in [0.4, 0.5) is 17.1 Å². The number of hydrogen-bond donors (Lipinski definition) is 0. The minimum Gasteiger partial charge on any atom is -0.310 e. The predicted octanol–water partition coefficient (Wildman–Crippen LogP) is 15.2. The Labute approximate surface area is 336 Å². The van der Waals surface area contributed by atoms with Gasteiger partial charge < -0.3 is 9.47 Å². The van der Waals surface area contributed by atoms with Crippen molar-refractivity contribution >= 4 is 38.9 Å². The molecule has 0 spiro atoms. The Morgan fingerprint density at radius 1 is 0.421 bits per heavy atom. The van der Waals surface area contributed by atoms with Gasteiger partial charge in [-0.3, -0.25) is 0 Å². The fourth-order valence-electron chi connectivity index (χ4n) is 10.1. The van der Waals surface area contributed by atoms with E-state index in [-0.39, 0.29) is 18.3 Å². The Morgan fingerprint density at radius 2 is 0.982 bits per heavy atom. The van der Waals surface area contributed by atoms with E-state index in [4.69, 9.17) is 0 Å². The van der Waals surface area contributed by atoms with E-state index in [1.807, 2.05) is 0 Å². The van der Waals surface area contributed by atoms with Crippen molar-refractivity contribution in [3.63, 3.8) is 0 Å². The molecular weight excluding hydrogens is 689 g/mol. The molecule has 0 radical (unpaired) electrons. The first kappa shape index (κ1) is 34.8. The van der Waals surface area contributed by atoms with Gasteiger partial charge in [-0.2, -0.15) is 0 Å². The van der Waals surface area contributed by atoms with Gasteiger partial charge in [0.15, 0.2) is 0 Å². The molecule has 276 valence electrons. The molecule has 2 heteroatoms. The predicted molar refractivity (Wildman–Crippen MR) is 243 cm³/mol. The van der Waals surface area contributed by atoms with Gasteiger partial charge in [0.1, 0.15) is 0 Å². The summed E-state index contributed by atoms with van der Waals surface area (Å²) in [5, 5.41) is 2.53. The van der Waals surface area contributed by atoms with Crippen molar-refractivity contribution < 1.29 is 0 Å². The van der Waals surface area contributed by atoms with E-state index in [1.54, 1.807) is 0 Å². The molecule has 2 aliphatic carbocycles. The highest BCUT2D eigenvalue weighted by molar-refractivity contribution is 6.15. The molecule has 11 rings (SSSR count). The van der Waals surface area contributed by atoms with Gasteiger partial charge in [-0.15, -0.1) is 0 Å². The number of rotatable bonds is 5. The average Bonchev–Trinajstić information content (AvgIpc) is 3.79. The van der Waals surface area contributed by atoms with Crippen LogP contribution in [0.1, 0.15) is 57.4 Å². The van der Waals surface area contributed by atoms with Crippen LogP contribution in [0.2, 0.25) is 0 Å². The van der Waals surface area contributed by atoms with Crippen molar-refractivity contribution in [3.8, 4) is 39.1 Å². The van der Waals surface area contributed by atoms with E-state index in [0.717, 1.165) is 5.69 Å². The lowest BCUT2D eigenvalue weighted by Gasteiger charge is -2.30. The molecule has 1 aromatic heterocycles. The van der Waals surface area contributed by atoms with Crippen molar-refractivity contribution in [2.75, 3.05) is 4.90 Å². The molecule has 1 heterocycles. The highest BCUT2D eigenvalue weighted by atomic mass is 15.1. The van der Waals surface area contributed by atoms with Gasteiger partial charge in [0, 0.05) is 44.2 Å². The molecule has 8 aromatic carbocycles. The van der Waals surface area contributed by atoms with E-state index in [1.165, 1.54) is 94.5 Å². The fraction of sp³-hybridized carbons (Fsp3) is 0.127. The van der Waals surface area contributed by atoms with Gasteiger partial charge in [0.05, 0.1) is 16.7 Å². The SMILES string of the molecule is C.CC1(C)c2ccccc2-c2ccc(N(c3ccc(-c4cccc5c4c4ccccc4n5-c4ccccc4)cc3)c3cccc4c3-c3ccccc3C4(C)C)cc21. The van der Waals surface area contributed by atoms with Crippen molar-refractivity contribution in [1.29, 1.82) is 0 Å². The second-order valence-corrected chi connectivity index (χ2v) is 16.5. The van der Waals surface area contributed by atoms with Gasteiger partial charge in [-0.1, -0.05) is 163 Å². The molecule has 57 heavy (non-hydrogen) atoms. The zero-order chi connectivity index (χ0) is 37.8. The number of hydrogen-bond acceptors (Lipinski definition) is 1. The van der Waals surface area contributed by atoms with Gasteiger partial charge in [0.25, 0.3) is 0 Å². The smallest absolute Gasteiger partial charge is 0.0547 e. The number of anilines is 3. The van der Waals surface area contributed by atoms with Crippen LogP contribution in [0.5, 0.6) is 0 Å². The second kappa shape index (κ2) is 12.7. The minimum absolute atomic E-state index is 0. The fourth-order valence-corrected chi connectivity index (χ4v) is 10.1. The van der Waals surface area contributed by atoms with Crippen LogP contribution in [0.15, 0.2) is 182 Å². The average molecular weight is 735 g/mol. The lowest BCUT2D eigenvalue weighted by Crippen LogP contribution is -2.17. The molecule has 0 N–H and O–H groups in total. The van der Waals surface area contributed by atoms with Crippen molar-refractivity contribution in [2.45, 2.75) is 46.0 Å². The summed E-state index contributed by atoms with van der Waals surface area (Å²) < 4.78 is 2.40. The highest BCUT2D eigenvalue weighted by Crippen LogP contribution is 2.56. The number of aromatic nitrogens is 1. The van der Waals surface area contributed by atoms with Crippen LogP contribution >= 0.6 is 0 Å². The summed E-state index contributed by atoms with van der Waals surface area (Å²) in [6, 6.07) is 67.4. The molecule has 0 fully saturated rings. The number of para-hydroxylation sites is 2. The van der Waals surface area contributed by atoms with Crippen LogP contribution < -0.4 is 4.90 Å². The van der Waals surface area contributed by atoms with Crippen molar-refractivity contribution in [3.05, 3.63) is 204 Å². The van der Waals surface area contributed by atoms with Crippen molar-refractivity contribution in [1.82, 2.24) is 4.57 Å². The molecule has 0 saturated heterocycles. The molecule has 9 aromatic rings. The van der Waals surface area contributed by atoms with E-state index < -0.39 is 0 Å². The van der Waals surface area contributed by atoms with E-state index in [2.05, 4.69) is 219 Å². The number of benzene rings is 8. The Kier molecular flexibility index (Phi) is 7.76. The summed E-state index contributed by atoms with van der Waals surface area (Å²) in [6.07, 6.45) is 0. The molecule has 0 unspecified atom stereocenters. The van der Waals surface area contributed by atoms with Crippen molar-refractivity contribution in [2.24, 2.45) is 0 Å². The quantitative estimate of drug-likeness (QED) is 0.171. The number of fused-ring (bicyclic) bond motifs is 9. The van der Waals surface area contributed by atoms with Crippen LogP contribution in [-0.2, 0) is 10.8 Å². The highest BCUT2D eigenvalue weighted by Gasteiger charge is 2.39. The van der Waals surface area contributed by atoms with Gasteiger partial charge in [-0.05, 0) is 105 Å². The van der Waals surface area contributed by atoms with Crippen LogP contribution in [0.3, 0.4) is 0 Å². The molecule has 0 aliphatic heterocycles. The zero-order valence-corrected chi connectivity index (χ0v) is 32.2. The summed E-state index contributed by atoms with van der Waals surface area (Å²) in [6.45, 7) is 9.47. The lowest BCUT2D eigenvalue weighted by molar-refractivity contribution is 0.660. The summed E-state index contributed by atoms with van der Waals surface area (Å²) in [4.78, 5) is 2.50. The first-order valence-electron chi connectivity index (χ1n) is 19.8. The van der Waals surface area contributed by atoms with Gasteiger partial charge in [-0.25, -0.2) is 0 Å². The van der Waals surface area contributed by atoms with Gasteiger partial charge >= 0.3 is 0 Å². The topological polar surface area (TPSA) is 8.17 Å². The first-order chi connectivity index (χ1) is 27.3. The summed E-state index contributed by atoms with van der Waals surface area (Å²) >= 11 is 0. The first-order valence-corrected chi connectivity index (χ1v) is 19.8. The van der Waals surface area contributed by atoms with E-state index in [0.29, 0.717) is 0 Å². The molecule has 0 saturated carbocycles. The third kappa shape index (κ3) is 4.96.